The highest BCUT2D eigenvalue weighted by Gasteiger charge is 2.27. The molecule has 0 aromatic heterocycles. The first kappa shape index (κ1) is 14.3. The quantitative estimate of drug-likeness (QED) is 0.811. The largest absolute Gasteiger partial charge is 0.393 e. The van der Waals surface area contributed by atoms with Crippen LogP contribution in [0.25, 0.3) is 0 Å². The lowest BCUT2D eigenvalue weighted by atomic mass is 9.84. The summed E-state index contributed by atoms with van der Waals surface area (Å²) in [5.41, 5.74) is 0. The highest BCUT2D eigenvalue weighted by Crippen LogP contribution is 2.31. The minimum absolute atomic E-state index is 0.00534. The molecule has 106 valence electrons. The molecule has 1 N–H and O–H groups in total. The zero-order chi connectivity index (χ0) is 13.0. The fraction of sp³-hybridized carbons (Fsp3) is 1.00. The molecule has 0 bridgehead atoms. The van der Waals surface area contributed by atoms with Gasteiger partial charge in [0.05, 0.1) is 6.10 Å². The number of aliphatic hydroxyl groups excluding tert-OH is 1. The second-order valence-electron chi connectivity index (χ2n) is 6.61. The van der Waals surface area contributed by atoms with Crippen molar-refractivity contribution in [3.05, 3.63) is 0 Å². The number of aliphatic hydroxyl groups is 1. The predicted octanol–water partition coefficient (Wildman–Crippen LogP) is 3.44. The molecule has 0 heterocycles. The normalized spacial score (nSPS) is 37.3. The smallest absolute Gasteiger partial charge is 0.0568 e. The van der Waals surface area contributed by atoms with Crippen LogP contribution in [0, 0.1) is 11.8 Å². The molecule has 0 aromatic rings. The topological polar surface area (TPSA) is 23.5 Å². The number of hydrogen-bond donors (Lipinski definition) is 1. The molecule has 2 heteroatoms. The number of nitrogens with zero attached hydrogens (tertiary/aromatic N) is 1. The second-order valence-corrected chi connectivity index (χ2v) is 6.61. The SMILES string of the molecule is CCC1CCC(N(C)CCC2CCCC2O)CC1. The highest BCUT2D eigenvalue weighted by atomic mass is 16.3. The molecule has 2 saturated carbocycles. The Bertz CT molecular complexity index is 235. The third-order valence-corrected chi connectivity index (χ3v) is 5.49. The van der Waals surface area contributed by atoms with Crippen LogP contribution in [0.2, 0.25) is 0 Å². The molecule has 18 heavy (non-hydrogen) atoms. The molecule has 0 spiro atoms. The summed E-state index contributed by atoms with van der Waals surface area (Å²) in [5.74, 6) is 1.57. The summed E-state index contributed by atoms with van der Waals surface area (Å²) < 4.78 is 0. The third kappa shape index (κ3) is 3.71. The van der Waals surface area contributed by atoms with E-state index < -0.39 is 0 Å². The number of rotatable bonds is 5. The van der Waals surface area contributed by atoms with Crippen LogP contribution < -0.4 is 0 Å². The Hall–Kier alpha value is -0.0800. The van der Waals surface area contributed by atoms with E-state index >= 15 is 0 Å². The van der Waals surface area contributed by atoms with Crippen LogP contribution >= 0.6 is 0 Å². The molecule has 2 unspecified atom stereocenters. The molecule has 2 atom stereocenters. The van der Waals surface area contributed by atoms with Crippen LogP contribution in [-0.4, -0.2) is 35.7 Å². The molecule has 2 rings (SSSR count). The fourth-order valence-electron chi connectivity index (χ4n) is 3.90. The van der Waals surface area contributed by atoms with Gasteiger partial charge in [-0.1, -0.05) is 19.8 Å². The van der Waals surface area contributed by atoms with Gasteiger partial charge in [-0.05, 0) is 70.4 Å². The average Bonchev–Trinajstić information content (AvgIpc) is 2.81. The van der Waals surface area contributed by atoms with Gasteiger partial charge in [0.1, 0.15) is 0 Å². The van der Waals surface area contributed by atoms with Crippen LogP contribution in [0.4, 0.5) is 0 Å². The predicted molar refractivity (Wildman–Crippen MR) is 76.6 cm³/mol. The van der Waals surface area contributed by atoms with Gasteiger partial charge in [0.2, 0.25) is 0 Å². The average molecular weight is 253 g/mol. The molecule has 2 fully saturated rings. The monoisotopic (exact) mass is 253 g/mol. The summed E-state index contributed by atoms with van der Waals surface area (Å²) in [6, 6.07) is 0.811. The summed E-state index contributed by atoms with van der Waals surface area (Å²) in [7, 11) is 2.29. The van der Waals surface area contributed by atoms with E-state index in [4.69, 9.17) is 0 Å². The maximum Gasteiger partial charge on any atom is 0.0568 e. The van der Waals surface area contributed by atoms with Gasteiger partial charge in [-0.15, -0.1) is 0 Å². The van der Waals surface area contributed by atoms with Crippen molar-refractivity contribution in [2.45, 2.75) is 76.9 Å². The third-order valence-electron chi connectivity index (χ3n) is 5.49. The summed E-state index contributed by atoms with van der Waals surface area (Å²) in [6.45, 7) is 3.51. The molecule has 2 nitrogen and oxygen atoms in total. The second kappa shape index (κ2) is 6.91. The van der Waals surface area contributed by atoms with E-state index in [-0.39, 0.29) is 6.10 Å². The van der Waals surface area contributed by atoms with E-state index in [0.717, 1.165) is 18.4 Å². The molecule has 0 aliphatic heterocycles. The summed E-state index contributed by atoms with van der Waals surface area (Å²) in [6.07, 6.45) is 11.7. The molecule has 0 saturated heterocycles. The van der Waals surface area contributed by atoms with Crippen molar-refractivity contribution in [2.24, 2.45) is 11.8 Å². The Morgan fingerprint density at radius 1 is 1.06 bits per heavy atom. The van der Waals surface area contributed by atoms with E-state index in [1.54, 1.807) is 0 Å². The van der Waals surface area contributed by atoms with Gasteiger partial charge in [-0.25, -0.2) is 0 Å². The zero-order valence-corrected chi connectivity index (χ0v) is 12.3. The Labute approximate surface area is 113 Å². The lowest BCUT2D eigenvalue weighted by Crippen LogP contribution is -2.36. The van der Waals surface area contributed by atoms with E-state index in [0.29, 0.717) is 5.92 Å². The Morgan fingerprint density at radius 2 is 1.78 bits per heavy atom. The summed E-state index contributed by atoms with van der Waals surface area (Å²) >= 11 is 0. The first-order chi connectivity index (χ1) is 8.70. The minimum Gasteiger partial charge on any atom is -0.393 e. The van der Waals surface area contributed by atoms with Gasteiger partial charge in [-0.2, -0.15) is 0 Å². The van der Waals surface area contributed by atoms with E-state index in [1.807, 2.05) is 0 Å². The number of hydrogen-bond acceptors (Lipinski definition) is 2. The summed E-state index contributed by atoms with van der Waals surface area (Å²) in [5, 5.41) is 9.86. The van der Waals surface area contributed by atoms with Gasteiger partial charge < -0.3 is 10.0 Å². The van der Waals surface area contributed by atoms with Crippen LogP contribution in [-0.2, 0) is 0 Å². The van der Waals surface area contributed by atoms with Crippen LogP contribution in [0.5, 0.6) is 0 Å². The van der Waals surface area contributed by atoms with Gasteiger partial charge in [0.25, 0.3) is 0 Å². The van der Waals surface area contributed by atoms with Gasteiger partial charge in [0.15, 0.2) is 0 Å². The van der Waals surface area contributed by atoms with Crippen LogP contribution in [0.3, 0.4) is 0 Å². The van der Waals surface area contributed by atoms with Gasteiger partial charge in [0, 0.05) is 6.04 Å². The molecular formula is C16H31NO. The molecule has 2 aliphatic carbocycles. The van der Waals surface area contributed by atoms with Crippen molar-refractivity contribution >= 4 is 0 Å². The molecule has 0 amide bonds. The lowest BCUT2D eigenvalue weighted by molar-refractivity contribution is 0.107. The minimum atomic E-state index is -0.00534. The van der Waals surface area contributed by atoms with Crippen LogP contribution in [0.15, 0.2) is 0 Å². The first-order valence-electron chi connectivity index (χ1n) is 8.09. The van der Waals surface area contributed by atoms with Gasteiger partial charge >= 0.3 is 0 Å². The standard InChI is InChI=1S/C16H31NO/c1-3-13-7-9-15(10-8-13)17(2)12-11-14-5-4-6-16(14)18/h13-16,18H,3-12H2,1-2H3. The molecule has 0 aromatic carbocycles. The maximum atomic E-state index is 9.86. The first-order valence-corrected chi connectivity index (χ1v) is 8.09. The van der Waals surface area contributed by atoms with Crippen molar-refractivity contribution in [1.82, 2.24) is 4.90 Å². The maximum absolute atomic E-state index is 9.86. The van der Waals surface area contributed by atoms with Gasteiger partial charge in [-0.3, -0.25) is 0 Å². The van der Waals surface area contributed by atoms with E-state index in [2.05, 4.69) is 18.9 Å². The fourth-order valence-corrected chi connectivity index (χ4v) is 3.90. The Balaban J connectivity index is 1.67. The Morgan fingerprint density at radius 3 is 2.33 bits per heavy atom. The Kier molecular flexibility index (Phi) is 5.50. The molecule has 0 radical (unpaired) electrons. The zero-order valence-electron chi connectivity index (χ0n) is 12.3. The van der Waals surface area contributed by atoms with Crippen LogP contribution in [0.1, 0.15) is 64.7 Å². The lowest BCUT2D eigenvalue weighted by Gasteiger charge is -2.35. The summed E-state index contributed by atoms with van der Waals surface area (Å²) in [4.78, 5) is 2.57. The molecule has 2 aliphatic rings. The molecular weight excluding hydrogens is 222 g/mol. The van der Waals surface area contributed by atoms with Crippen molar-refractivity contribution in [1.29, 1.82) is 0 Å². The van der Waals surface area contributed by atoms with Crippen molar-refractivity contribution in [3.63, 3.8) is 0 Å². The van der Waals surface area contributed by atoms with Crippen molar-refractivity contribution in [2.75, 3.05) is 13.6 Å². The van der Waals surface area contributed by atoms with Crippen molar-refractivity contribution in [3.8, 4) is 0 Å². The van der Waals surface area contributed by atoms with E-state index in [1.165, 1.54) is 57.9 Å². The highest BCUT2D eigenvalue weighted by molar-refractivity contribution is 4.81. The van der Waals surface area contributed by atoms with Crippen molar-refractivity contribution < 1.29 is 5.11 Å². The van der Waals surface area contributed by atoms with E-state index in [9.17, 15) is 5.11 Å².